The molecule has 0 atom stereocenters. The first-order valence-corrected chi connectivity index (χ1v) is 7.85. The number of halogens is 1. The summed E-state index contributed by atoms with van der Waals surface area (Å²) in [5.74, 6) is 0.915. The molecule has 21 heavy (non-hydrogen) atoms. The van der Waals surface area contributed by atoms with Crippen molar-refractivity contribution in [1.82, 2.24) is 0 Å². The highest BCUT2D eigenvalue weighted by Crippen LogP contribution is 2.47. The number of nitrogens with two attached hydrogens (primary N) is 1. The molecule has 1 aromatic carbocycles. The summed E-state index contributed by atoms with van der Waals surface area (Å²) in [7, 11) is 1.61. The van der Waals surface area contributed by atoms with E-state index < -0.39 is 0 Å². The molecule has 1 aliphatic carbocycles. The Morgan fingerprint density at radius 1 is 1.33 bits per heavy atom. The zero-order chi connectivity index (χ0) is 15.0. The monoisotopic (exact) mass is 308 g/mol. The number of methoxy groups -OCH3 is 1. The molecular formula is C16H21ClN2O2. The number of amides is 1. The van der Waals surface area contributed by atoms with Gasteiger partial charge in [0, 0.05) is 18.7 Å². The van der Waals surface area contributed by atoms with Crippen LogP contribution in [0.5, 0.6) is 5.75 Å². The Bertz CT molecular complexity index is 553. The molecule has 1 aliphatic heterocycles. The van der Waals surface area contributed by atoms with E-state index in [4.69, 9.17) is 22.1 Å². The largest absolute Gasteiger partial charge is 0.497 e. The Kier molecular flexibility index (Phi) is 3.84. The Morgan fingerprint density at radius 2 is 2.05 bits per heavy atom. The van der Waals surface area contributed by atoms with E-state index in [0.29, 0.717) is 10.8 Å². The molecule has 2 aliphatic rings. The summed E-state index contributed by atoms with van der Waals surface area (Å²) in [6, 6.07) is 5.68. The lowest BCUT2D eigenvalue weighted by Crippen LogP contribution is -2.40. The van der Waals surface area contributed by atoms with Crippen LogP contribution < -0.4 is 15.4 Å². The summed E-state index contributed by atoms with van der Waals surface area (Å²) in [5.41, 5.74) is 6.51. The predicted molar refractivity (Wildman–Crippen MR) is 83.9 cm³/mol. The molecule has 0 bridgehead atoms. The molecule has 1 heterocycles. The molecule has 0 radical (unpaired) electrons. The normalized spacial score (nSPS) is 29.2. The van der Waals surface area contributed by atoms with Crippen LogP contribution in [0.2, 0.25) is 5.02 Å². The predicted octanol–water partition coefficient (Wildman–Crippen LogP) is 2.97. The van der Waals surface area contributed by atoms with Crippen molar-refractivity contribution in [2.75, 3.05) is 18.6 Å². The van der Waals surface area contributed by atoms with Gasteiger partial charge in [0.25, 0.3) is 0 Å². The number of hydrogen-bond donors (Lipinski definition) is 1. The van der Waals surface area contributed by atoms with Gasteiger partial charge in [-0.2, -0.15) is 0 Å². The second kappa shape index (κ2) is 5.50. The van der Waals surface area contributed by atoms with E-state index in [1.54, 1.807) is 13.2 Å². The van der Waals surface area contributed by atoms with Crippen LogP contribution in [-0.2, 0) is 4.79 Å². The summed E-state index contributed by atoms with van der Waals surface area (Å²) >= 11 is 6.28. The lowest BCUT2D eigenvalue weighted by Gasteiger charge is -2.34. The first kappa shape index (κ1) is 14.7. The molecule has 3 rings (SSSR count). The van der Waals surface area contributed by atoms with Crippen molar-refractivity contribution in [3.8, 4) is 5.75 Å². The Hall–Kier alpha value is -1.26. The van der Waals surface area contributed by atoms with Crippen LogP contribution >= 0.6 is 11.6 Å². The van der Waals surface area contributed by atoms with Crippen molar-refractivity contribution in [2.24, 2.45) is 11.1 Å². The molecule has 114 valence electrons. The molecule has 1 saturated heterocycles. The van der Waals surface area contributed by atoms with Crippen LogP contribution in [0.25, 0.3) is 0 Å². The average molecular weight is 309 g/mol. The molecule has 2 N–H and O–H groups in total. The molecule has 1 saturated carbocycles. The molecule has 5 heteroatoms. The van der Waals surface area contributed by atoms with E-state index in [-0.39, 0.29) is 17.4 Å². The Labute approximate surface area is 130 Å². The number of anilines is 1. The van der Waals surface area contributed by atoms with E-state index >= 15 is 0 Å². The fourth-order valence-corrected chi connectivity index (χ4v) is 3.75. The number of hydrogen-bond acceptors (Lipinski definition) is 3. The fourth-order valence-electron chi connectivity index (χ4n) is 3.53. The number of carbonyl (C=O) groups is 1. The number of rotatable bonds is 2. The molecule has 1 aromatic rings. The van der Waals surface area contributed by atoms with Crippen LogP contribution in [0, 0.1) is 5.41 Å². The second-order valence-corrected chi connectivity index (χ2v) is 6.55. The SMILES string of the molecule is COc1ccc(Cl)c(N2CCC3(CCC(N)CC3)C2=O)c1. The highest BCUT2D eigenvalue weighted by molar-refractivity contribution is 6.34. The van der Waals surface area contributed by atoms with Crippen molar-refractivity contribution >= 4 is 23.2 Å². The maximum absolute atomic E-state index is 12.9. The smallest absolute Gasteiger partial charge is 0.233 e. The van der Waals surface area contributed by atoms with E-state index in [0.717, 1.165) is 44.3 Å². The zero-order valence-electron chi connectivity index (χ0n) is 12.3. The number of benzene rings is 1. The molecule has 0 aromatic heterocycles. The van der Waals surface area contributed by atoms with Gasteiger partial charge >= 0.3 is 0 Å². The third kappa shape index (κ3) is 2.51. The number of ether oxygens (including phenoxy) is 1. The lowest BCUT2D eigenvalue weighted by molar-refractivity contribution is -0.127. The highest BCUT2D eigenvalue weighted by Gasteiger charge is 2.48. The van der Waals surface area contributed by atoms with Crippen LogP contribution in [0.15, 0.2) is 18.2 Å². The van der Waals surface area contributed by atoms with Crippen molar-refractivity contribution < 1.29 is 9.53 Å². The Morgan fingerprint density at radius 3 is 2.71 bits per heavy atom. The standard InChI is InChI=1S/C16H21ClN2O2/c1-21-12-2-3-13(17)14(10-12)19-9-8-16(15(19)20)6-4-11(18)5-7-16/h2-3,10-11H,4-9,18H2,1H3. The maximum Gasteiger partial charge on any atom is 0.233 e. The maximum atomic E-state index is 12.9. The van der Waals surface area contributed by atoms with Crippen molar-refractivity contribution in [3.05, 3.63) is 23.2 Å². The average Bonchev–Trinajstić information content (AvgIpc) is 2.80. The van der Waals surface area contributed by atoms with Crippen molar-refractivity contribution in [1.29, 1.82) is 0 Å². The van der Waals surface area contributed by atoms with E-state index in [9.17, 15) is 4.79 Å². The van der Waals surface area contributed by atoms with Gasteiger partial charge in [0.05, 0.1) is 23.2 Å². The molecule has 1 spiro atoms. The summed E-state index contributed by atoms with van der Waals surface area (Å²) < 4.78 is 5.24. The van der Waals surface area contributed by atoms with Crippen molar-refractivity contribution in [3.63, 3.8) is 0 Å². The summed E-state index contributed by atoms with van der Waals surface area (Å²) in [5, 5.41) is 0.591. The van der Waals surface area contributed by atoms with Gasteiger partial charge in [-0.25, -0.2) is 0 Å². The lowest BCUT2D eigenvalue weighted by atomic mass is 9.71. The number of nitrogens with zero attached hydrogens (tertiary/aromatic N) is 1. The van der Waals surface area contributed by atoms with Gasteiger partial charge in [-0.15, -0.1) is 0 Å². The van der Waals surface area contributed by atoms with Crippen LogP contribution in [-0.4, -0.2) is 25.6 Å². The molecule has 4 nitrogen and oxygen atoms in total. The first-order chi connectivity index (χ1) is 10.1. The summed E-state index contributed by atoms with van der Waals surface area (Å²) in [6.07, 6.45) is 4.55. The fraction of sp³-hybridized carbons (Fsp3) is 0.562. The van der Waals surface area contributed by atoms with Gasteiger partial charge in [-0.3, -0.25) is 4.79 Å². The van der Waals surface area contributed by atoms with E-state index in [2.05, 4.69) is 0 Å². The third-order valence-corrected chi connectivity index (χ3v) is 5.26. The minimum Gasteiger partial charge on any atom is -0.497 e. The molecular weight excluding hydrogens is 288 g/mol. The Balaban J connectivity index is 1.87. The molecule has 1 amide bonds. The zero-order valence-corrected chi connectivity index (χ0v) is 13.0. The number of carbonyl (C=O) groups excluding carboxylic acids is 1. The van der Waals surface area contributed by atoms with Crippen molar-refractivity contribution in [2.45, 2.75) is 38.1 Å². The summed E-state index contributed by atoms with van der Waals surface area (Å²) in [6.45, 7) is 0.723. The van der Waals surface area contributed by atoms with Gasteiger partial charge < -0.3 is 15.4 Å². The van der Waals surface area contributed by atoms with Gasteiger partial charge in [0.1, 0.15) is 5.75 Å². The van der Waals surface area contributed by atoms with E-state index in [1.165, 1.54) is 0 Å². The van der Waals surface area contributed by atoms with Gasteiger partial charge in [0.15, 0.2) is 0 Å². The van der Waals surface area contributed by atoms with Crippen LogP contribution in [0.1, 0.15) is 32.1 Å². The topological polar surface area (TPSA) is 55.6 Å². The minimum atomic E-state index is -0.220. The van der Waals surface area contributed by atoms with Gasteiger partial charge in [-0.05, 0) is 44.2 Å². The molecule has 0 unspecified atom stereocenters. The summed E-state index contributed by atoms with van der Waals surface area (Å²) in [4.78, 5) is 14.7. The van der Waals surface area contributed by atoms with Gasteiger partial charge in [-0.1, -0.05) is 11.6 Å². The highest BCUT2D eigenvalue weighted by atomic mass is 35.5. The molecule has 2 fully saturated rings. The van der Waals surface area contributed by atoms with Crippen LogP contribution in [0.4, 0.5) is 5.69 Å². The minimum absolute atomic E-state index is 0.199. The van der Waals surface area contributed by atoms with E-state index in [1.807, 2.05) is 17.0 Å². The quantitative estimate of drug-likeness (QED) is 0.914. The second-order valence-electron chi connectivity index (χ2n) is 6.14. The van der Waals surface area contributed by atoms with Crippen LogP contribution in [0.3, 0.4) is 0 Å². The van der Waals surface area contributed by atoms with Gasteiger partial charge in [0.2, 0.25) is 5.91 Å². The third-order valence-electron chi connectivity index (χ3n) is 4.94. The first-order valence-electron chi connectivity index (χ1n) is 7.47.